The normalized spacial score (nSPS) is 22.3. The van der Waals surface area contributed by atoms with Crippen LogP contribution < -0.4 is 5.32 Å². The third-order valence-corrected chi connectivity index (χ3v) is 3.20. The van der Waals surface area contributed by atoms with Gasteiger partial charge in [0, 0.05) is 12.7 Å². The molecule has 0 saturated heterocycles. The third-order valence-electron chi connectivity index (χ3n) is 3.20. The SMILES string of the molecule is COC(=O)c1ccc(CNCC2CC(O)C2)nc1. The zero-order valence-corrected chi connectivity index (χ0v) is 10.4. The molecule has 0 aliphatic heterocycles. The molecular formula is C13H18N2O3. The zero-order chi connectivity index (χ0) is 13.0. The lowest BCUT2D eigenvalue weighted by atomic mass is 9.82. The van der Waals surface area contributed by atoms with Gasteiger partial charge < -0.3 is 15.2 Å². The predicted octanol–water partition coefficient (Wildman–Crippen LogP) is 0.729. The van der Waals surface area contributed by atoms with E-state index in [4.69, 9.17) is 5.11 Å². The van der Waals surface area contributed by atoms with Crippen LogP contribution in [0.5, 0.6) is 0 Å². The molecule has 0 aromatic carbocycles. The van der Waals surface area contributed by atoms with Gasteiger partial charge in [0.05, 0.1) is 24.5 Å². The molecule has 1 heterocycles. The molecule has 0 amide bonds. The second-order valence-corrected chi connectivity index (χ2v) is 4.65. The van der Waals surface area contributed by atoms with E-state index in [2.05, 4.69) is 15.0 Å². The van der Waals surface area contributed by atoms with Crippen LogP contribution in [0.1, 0.15) is 28.9 Å². The standard InChI is InChI=1S/C13H18N2O3/c1-18-13(17)10-2-3-11(15-7-10)8-14-6-9-4-12(16)5-9/h2-3,7,9,12,14,16H,4-6,8H2,1H3. The zero-order valence-electron chi connectivity index (χ0n) is 10.4. The molecule has 1 aliphatic rings. The molecule has 0 radical (unpaired) electrons. The van der Waals surface area contributed by atoms with Crippen LogP contribution in [0.15, 0.2) is 18.3 Å². The van der Waals surface area contributed by atoms with Crippen molar-refractivity contribution in [2.24, 2.45) is 5.92 Å². The highest BCUT2D eigenvalue weighted by Crippen LogP contribution is 2.26. The topological polar surface area (TPSA) is 71.5 Å². The Balaban J connectivity index is 1.74. The highest BCUT2D eigenvalue weighted by Gasteiger charge is 2.26. The molecule has 0 unspecified atom stereocenters. The van der Waals surface area contributed by atoms with E-state index < -0.39 is 0 Å². The largest absolute Gasteiger partial charge is 0.465 e. The van der Waals surface area contributed by atoms with Gasteiger partial charge in [-0.05, 0) is 37.4 Å². The first-order valence-electron chi connectivity index (χ1n) is 6.11. The van der Waals surface area contributed by atoms with E-state index in [1.54, 1.807) is 6.07 Å². The van der Waals surface area contributed by atoms with Crippen LogP contribution >= 0.6 is 0 Å². The van der Waals surface area contributed by atoms with Crippen molar-refractivity contribution in [3.8, 4) is 0 Å². The van der Waals surface area contributed by atoms with Crippen LogP contribution in [0.4, 0.5) is 0 Å². The van der Waals surface area contributed by atoms with Gasteiger partial charge in [0.2, 0.25) is 0 Å². The molecule has 0 atom stereocenters. The van der Waals surface area contributed by atoms with E-state index in [1.165, 1.54) is 13.3 Å². The van der Waals surface area contributed by atoms with Gasteiger partial charge >= 0.3 is 5.97 Å². The van der Waals surface area contributed by atoms with E-state index in [-0.39, 0.29) is 12.1 Å². The van der Waals surface area contributed by atoms with Crippen molar-refractivity contribution in [2.75, 3.05) is 13.7 Å². The lowest BCUT2D eigenvalue weighted by molar-refractivity contribution is 0.0429. The van der Waals surface area contributed by atoms with Crippen molar-refractivity contribution in [3.63, 3.8) is 0 Å². The van der Waals surface area contributed by atoms with E-state index in [0.29, 0.717) is 18.0 Å². The van der Waals surface area contributed by atoms with Crippen LogP contribution in [0.2, 0.25) is 0 Å². The van der Waals surface area contributed by atoms with Crippen LogP contribution in [0, 0.1) is 5.92 Å². The van der Waals surface area contributed by atoms with E-state index in [1.807, 2.05) is 6.07 Å². The molecule has 18 heavy (non-hydrogen) atoms. The van der Waals surface area contributed by atoms with Crippen molar-refractivity contribution < 1.29 is 14.6 Å². The summed E-state index contributed by atoms with van der Waals surface area (Å²) in [6.07, 6.45) is 3.20. The Morgan fingerprint density at radius 2 is 2.33 bits per heavy atom. The Kier molecular flexibility index (Phi) is 4.28. The summed E-state index contributed by atoms with van der Waals surface area (Å²) in [5, 5.41) is 12.5. The maximum Gasteiger partial charge on any atom is 0.339 e. The monoisotopic (exact) mass is 250 g/mol. The number of methoxy groups -OCH3 is 1. The summed E-state index contributed by atoms with van der Waals surface area (Å²) in [5.74, 6) is 0.208. The minimum atomic E-state index is -0.370. The Morgan fingerprint density at radius 1 is 1.56 bits per heavy atom. The molecule has 2 rings (SSSR count). The number of nitrogens with zero attached hydrogens (tertiary/aromatic N) is 1. The molecule has 0 bridgehead atoms. The quantitative estimate of drug-likeness (QED) is 0.754. The molecule has 1 aromatic heterocycles. The molecule has 1 saturated carbocycles. The van der Waals surface area contributed by atoms with Crippen molar-refractivity contribution in [2.45, 2.75) is 25.5 Å². The molecule has 5 heteroatoms. The molecule has 5 nitrogen and oxygen atoms in total. The Hall–Kier alpha value is -1.46. The number of nitrogens with one attached hydrogen (secondary N) is 1. The number of aliphatic hydroxyl groups excluding tert-OH is 1. The van der Waals surface area contributed by atoms with Crippen LogP contribution in [0.3, 0.4) is 0 Å². The highest BCUT2D eigenvalue weighted by atomic mass is 16.5. The van der Waals surface area contributed by atoms with E-state index in [0.717, 1.165) is 25.1 Å². The summed E-state index contributed by atoms with van der Waals surface area (Å²) in [7, 11) is 1.35. The minimum Gasteiger partial charge on any atom is -0.465 e. The fraction of sp³-hybridized carbons (Fsp3) is 0.538. The molecule has 1 fully saturated rings. The second-order valence-electron chi connectivity index (χ2n) is 4.65. The Labute approximate surface area is 106 Å². The summed E-state index contributed by atoms with van der Waals surface area (Å²) in [4.78, 5) is 15.4. The summed E-state index contributed by atoms with van der Waals surface area (Å²) in [6.45, 7) is 1.57. The highest BCUT2D eigenvalue weighted by molar-refractivity contribution is 5.88. The lowest BCUT2D eigenvalue weighted by Gasteiger charge is -2.31. The van der Waals surface area contributed by atoms with Gasteiger partial charge in [0.25, 0.3) is 0 Å². The molecule has 1 aliphatic carbocycles. The maximum absolute atomic E-state index is 11.2. The summed E-state index contributed by atoms with van der Waals surface area (Å²) in [6, 6.07) is 3.53. The molecule has 1 aromatic rings. The van der Waals surface area contributed by atoms with Crippen LogP contribution in [-0.2, 0) is 11.3 Å². The molecular weight excluding hydrogens is 232 g/mol. The van der Waals surface area contributed by atoms with E-state index in [9.17, 15) is 4.79 Å². The smallest absolute Gasteiger partial charge is 0.339 e. The molecule has 2 N–H and O–H groups in total. The first-order valence-corrected chi connectivity index (χ1v) is 6.11. The number of aromatic nitrogens is 1. The van der Waals surface area contributed by atoms with Gasteiger partial charge in [0.15, 0.2) is 0 Å². The van der Waals surface area contributed by atoms with Gasteiger partial charge in [0.1, 0.15) is 0 Å². The van der Waals surface area contributed by atoms with Crippen molar-refractivity contribution in [1.29, 1.82) is 0 Å². The fourth-order valence-electron chi connectivity index (χ4n) is 2.04. The number of carbonyl (C=O) groups is 1. The van der Waals surface area contributed by atoms with Gasteiger partial charge in [-0.1, -0.05) is 0 Å². The maximum atomic E-state index is 11.2. The van der Waals surface area contributed by atoms with Crippen molar-refractivity contribution >= 4 is 5.97 Å². The number of carbonyl (C=O) groups excluding carboxylic acids is 1. The van der Waals surface area contributed by atoms with Gasteiger partial charge in [-0.15, -0.1) is 0 Å². The number of rotatable bonds is 5. The molecule has 0 spiro atoms. The number of hydrogen-bond acceptors (Lipinski definition) is 5. The van der Waals surface area contributed by atoms with Crippen molar-refractivity contribution in [1.82, 2.24) is 10.3 Å². The Bertz CT molecular complexity index is 399. The van der Waals surface area contributed by atoms with Gasteiger partial charge in [-0.2, -0.15) is 0 Å². The first-order chi connectivity index (χ1) is 8.69. The summed E-state index contributed by atoms with van der Waals surface area (Å²) < 4.78 is 4.60. The average molecular weight is 250 g/mol. The number of pyridine rings is 1. The fourth-order valence-corrected chi connectivity index (χ4v) is 2.04. The first kappa shape index (κ1) is 13.0. The minimum absolute atomic E-state index is 0.103. The number of aliphatic hydroxyl groups is 1. The number of ether oxygens (including phenoxy) is 1. The summed E-state index contributed by atoms with van der Waals surface area (Å²) >= 11 is 0. The van der Waals surface area contributed by atoms with Crippen LogP contribution in [0.25, 0.3) is 0 Å². The van der Waals surface area contributed by atoms with Crippen LogP contribution in [-0.4, -0.2) is 35.8 Å². The summed E-state index contributed by atoms with van der Waals surface area (Å²) in [5.41, 5.74) is 1.35. The number of esters is 1. The van der Waals surface area contributed by atoms with E-state index >= 15 is 0 Å². The van der Waals surface area contributed by atoms with Gasteiger partial charge in [-0.25, -0.2) is 4.79 Å². The third kappa shape index (κ3) is 3.27. The average Bonchev–Trinajstić information content (AvgIpc) is 2.36. The van der Waals surface area contributed by atoms with Crippen molar-refractivity contribution in [3.05, 3.63) is 29.6 Å². The predicted molar refractivity (Wildman–Crippen MR) is 66.0 cm³/mol. The Morgan fingerprint density at radius 3 is 2.89 bits per heavy atom. The number of hydrogen-bond donors (Lipinski definition) is 2. The molecule has 98 valence electrons. The lowest BCUT2D eigenvalue weighted by Crippen LogP contribution is -2.36. The van der Waals surface area contributed by atoms with Gasteiger partial charge in [-0.3, -0.25) is 4.98 Å². The second kappa shape index (κ2) is 5.93.